The van der Waals surface area contributed by atoms with Crippen molar-refractivity contribution < 1.29 is 19.4 Å². The molecule has 1 aliphatic rings. The van der Waals surface area contributed by atoms with E-state index in [1.807, 2.05) is 0 Å². The maximum absolute atomic E-state index is 13.0. The molecule has 158 valence electrons. The van der Waals surface area contributed by atoms with E-state index in [0.717, 1.165) is 12.8 Å². The Morgan fingerprint density at radius 1 is 1.19 bits per heavy atom. The molecule has 1 unspecified atom stereocenters. The molecule has 7 nitrogen and oxygen atoms in total. The smallest absolute Gasteiger partial charge is 0.301 e. The zero-order valence-corrected chi connectivity index (χ0v) is 17.7. The van der Waals surface area contributed by atoms with Crippen LogP contribution < -0.4 is 9.64 Å². The highest BCUT2D eigenvalue weighted by Gasteiger charge is 2.47. The molecule has 1 aromatic carbocycles. The maximum Gasteiger partial charge on any atom is 0.301 e. The van der Waals surface area contributed by atoms with E-state index in [1.54, 1.807) is 60.4 Å². The van der Waals surface area contributed by atoms with Crippen LogP contribution >= 0.6 is 11.3 Å². The summed E-state index contributed by atoms with van der Waals surface area (Å²) in [7, 11) is 0. The lowest BCUT2D eigenvalue weighted by molar-refractivity contribution is -0.132. The largest absolute Gasteiger partial charge is 0.507 e. The summed E-state index contributed by atoms with van der Waals surface area (Å²) in [5, 5.41) is 13.3. The van der Waals surface area contributed by atoms with E-state index in [2.05, 4.69) is 16.9 Å². The minimum atomic E-state index is -0.807. The molecule has 0 bridgehead atoms. The zero-order chi connectivity index (χ0) is 21.8. The molecular formula is C23H21N3O4S. The van der Waals surface area contributed by atoms with Gasteiger partial charge in [-0.05, 0) is 36.2 Å². The summed E-state index contributed by atoms with van der Waals surface area (Å²) in [4.78, 5) is 35.5. The van der Waals surface area contributed by atoms with Gasteiger partial charge in [-0.25, -0.2) is 4.98 Å². The zero-order valence-electron chi connectivity index (χ0n) is 16.9. The SMILES string of the molecule is CCCCOc1cccc(/C(O)=C2\C(=O)C(=O)N(c3nccs3)C2c2ccncc2)c1. The van der Waals surface area contributed by atoms with Crippen molar-refractivity contribution in [3.63, 3.8) is 0 Å². The van der Waals surface area contributed by atoms with Gasteiger partial charge in [0.15, 0.2) is 5.13 Å². The Balaban J connectivity index is 1.81. The Hall–Kier alpha value is -3.52. The molecule has 31 heavy (non-hydrogen) atoms. The van der Waals surface area contributed by atoms with E-state index < -0.39 is 17.7 Å². The third-order valence-corrected chi connectivity index (χ3v) is 5.74. The normalized spacial score (nSPS) is 17.8. The fourth-order valence-electron chi connectivity index (χ4n) is 3.45. The second-order valence-corrected chi connectivity index (χ2v) is 7.87. The summed E-state index contributed by atoms with van der Waals surface area (Å²) in [6.45, 7) is 2.64. The Morgan fingerprint density at radius 3 is 2.71 bits per heavy atom. The predicted octanol–water partition coefficient (Wildman–Crippen LogP) is 4.34. The average Bonchev–Trinajstić information content (AvgIpc) is 3.41. The molecule has 1 N–H and O–H groups in total. The van der Waals surface area contributed by atoms with Gasteiger partial charge >= 0.3 is 5.91 Å². The molecule has 0 radical (unpaired) electrons. The molecule has 0 spiro atoms. The molecule has 3 heterocycles. The first-order valence-corrected chi connectivity index (χ1v) is 10.8. The van der Waals surface area contributed by atoms with Crippen molar-refractivity contribution in [3.8, 4) is 5.75 Å². The number of benzene rings is 1. The lowest BCUT2D eigenvalue weighted by Gasteiger charge is -2.22. The summed E-state index contributed by atoms with van der Waals surface area (Å²) >= 11 is 1.25. The van der Waals surface area contributed by atoms with Gasteiger partial charge < -0.3 is 9.84 Å². The Bertz CT molecular complexity index is 1110. The highest BCUT2D eigenvalue weighted by molar-refractivity contribution is 7.14. The topological polar surface area (TPSA) is 92.6 Å². The van der Waals surface area contributed by atoms with Crippen LogP contribution in [0.1, 0.15) is 36.9 Å². The van der Waals surface area contributed by atoms with Crippen molar-refractivity contribution in [1.82, 2.24) is 9.97 Å². The number of unbranched alkanes of at least 4 members (excludes halogenated alkanes) is 1. The summed E-state index contributed by atoms with van der Waals surface area (Å²) < 4.78 is 5.73. The number of ketones is 1. The molecule has 3 aromatic rings. The van der Waals surface area contributed by atoms with E-state index in [-0.39, 0.29) is 11.3 Å². The van der Waals surface area contributed by atoms with Crippen LogP contribution in [0.2, 0.25) is 0 Å². The van der Waals surface area contributed by atoms with Gasteiger partial charge in [0.05, 0.1) is 18.2 Å². The van der Waals surface area contributed by atoms with Crippen molar-refractivity contribution in [2.75, 3.05) is 11.5 Å². The molecule has 0 saturated carbocycles. The van der Waals surface area contributed by atoms with E-state index >= 15 is 0 Å². The first-order valence-electron chi connectivity index (χ1n) is 9.95. The van der Waals surface area contributed by atoms with Crippen LogP contribution in [0, 0.1) is 0 Å². The van der Waals surface area contributed by atoms with Gasteiger partial charge in [-0.1, -0.05) is 25.5 Å². The van der Waals surface area contributed by atoms with Crippen LogP contribution in [0.25, 0.3) is 5.76 Å². The quantitative estimate of drug-likeness (QED) is 0.257. The van der Waals surface area contributed by atoms with E-state index in [9.17, 15) is 14.7 Å². The van der Waals surface area contributed by atoms with Gasteiger partial charge in [-0.15, -0.1) is 11.3 Å². The second-order valence-electron chi connectivity index (χ2n) is 6.99. The number of carbonyl (C=O) groups is 2. The molecular weight excluding hydrogens is 414 g/mol. The number of aliphatic hydroxyl groups is 1. The van der Waals surface area contributed by atoms with Gasteiger partial charge in [0.1, 0.15) is 11.5 Å². The van der Waals surface area contributed by atoms with Crippen LogP contribution in [0.5, 0.6) is 5.75 Å². The number of hydrogen-bond acceptors (Lipinski definition) is 7. The number of ether oxygens (including phenoxy) is 1. The molecule has 1 fully saturated rings. The fourth-order valence-corrected chi connectivity index (χ4v) is 4.12. The number of nitrogens with zero attached hydrogens (tertiary/aromatic N) is 3. The summed E-state index contributed by atoms with van der Waals surface area (Å²) in [5.41, 5.74) is 1.07. The number of pyridine rings is 1. The van der Waals surface area contributed by atoms with Crippen molar-refractivity contribution in [2.45, 2.75) is 25.8 Å². The standard InChI is InChI=1S/C23H21N3O4S/c1-2-3-12-30-17-6-4-5-16(14-17)20(27)18-19(15-7-9-24-10-8-15)26(22(29)21(18)28)23-25-11-13-31-23/h4-11,13-14,19,27H,2-3,12H2,1H3/b20-18+. The van der Waals surface area contributed by atoms with Crippen LogP contribution in [-0.2, 0) is 9.59 Å². The minimum Gasteiger partial charge on any atom is -0.507 e. The number of carbonyl (C=O) groups excluding carboxylic acids is 2. The first-order chi connectivity index (χ1) is 15.1. The lowest BCUT2D eigenvalue weighted by atomic mass is 9.96. The molecule has 0 aliphatic carbocycles. The van der Waals surface area contributed by atoms with Gasteiger partial charge in [0, 0.05) is 29.5 Å². The van der Waals surface area contributed by atoms with Gasteiger partial charge in [0.2, 0.25) is 0 Å². The summed E-state index contributed by atoms with van der Waals surface area (Å²) in [6.07, 6.45) is 6.65. The number of aromatic nitrogens is 2. The molecule has 1 amide bonds. The molecule has 8 heteroatoms. The number of amides is 1. The van der Waals surface area contributed by atoms with Crippen molar-refractivity contribution in [1.29, 1.82) is 0 Å². The molecule has 1 saturated heterocycles. The van der Waals surface area contributed by atoms with Crippen LogP contribution in [-0.4, -0.2) is 33.4 Å². The highest BCUT2D eigenvalue weighted by atomic mass is 32.1. The van der Waals surface area contributed by atoms with Crippen LogP contribution in [0.3, 0.4) is 0 Å². The van der Waals surface area contributed by atoms with E-state index in [0.29, 0.717) is 28.6 Å². The third-order valence-electron chi connectivity index (χ3n) is 4.97. The van der Waals surface area contributed by atoms with Gasteiger partial charge in [-0.2, -0.15) is 0 Å². The monoisotopic (exact) mass is 435 g/mol. The van der Waals surface area contributed by atoms with E-state index in [4.69, 9.17) is 4.74 Å². The average molecular weight is 436 g/mol. The lowest BCUT2D eigenvalue weighted by Crippen LogP contribution is -2.29. The Morgan fingerprint density at radius 2 is 2.00 bits per heavy atom. The molecule has 4 rings (SSSR count). The van der Waals surface area contributed by atoms with Crippen LogP contribution in [0.4, 0.5) is 5.13 Å². The number of thiazole rings is 1. The second kappa shape index (κ2) is 9.09. The fraction of sp³-hybridized carbons (Fsp3) is 0.217. The number of Topliss-reactive ketones (excluding diaryl/α,β-unsaturated/α-hetero) is 1. The van der Waals surface area contributed by atoms with Gasteiger partial charge in [-0.3, -0.25) is 19.5 Å². The summed E-state index contributed by atoms with van der Waals surface area (Å²) in [5.74, 6) is -1.15. The Kier molecular flexibility index (Phi) is 6.08. The highest BCUT2D eigenvalue weighted by Crippen LogP contribution is 2.42. The minimum absolute atomic E-state index is 0.0112. The molecule has 1 aliphatic heterocycles. The number of aliphatic hydroxyl groups excluding tert-OH is 1. The predicted molar refractivity (Wildman–Crippen MR) is 118 cm³/mol. The maximum atomic E-state index is 13.0. The summed E-state index contributed by atoms with van der Waals surface area (Å²) in [6, 6.07) is 9.52. The van der Waals surface area contributed by atoms with Gasteiger partial charge in [0.25, 0.3) is 5.78 Å². The first kappa shape index (κ1) is 20.7. The van der Waals surface area contributed by atoms with Crippen molar-refractivity contribution in [2.24, 2.45) is 0 Å². The molecule has 1 atom stereocenters. The number of hydrogen-bond donors (Lipinski definition) is 1. The molecule has 2 aromatic heterocycles. The van der Waals surface area contributed by atoms with Crippen molar-refractivity contribution in [3.05, 3.63) is 77.1 Å². The van der Waals surface area contributed by atoms with Crippen molar-refractivity contribution >= 4 is 33.9 Å². The van der Waals surface area contributed by atoms with E-state index in [1.165, 1.54) is 16.2 Å². The third kappa shape index (κ3) is 4.06. The van der Waals surface area contributed by atoms with Crippen LogP contribution in [0.15, 0.2) is 65.9 Å². The number of anilines is 1. The Labute approximate surface area is 183 Å². The number of rotatable bonds is 7.